The number of benzene rings is 1. The van der Waals surface area contributed by atoms with Crippen molar-refractivity contribution in [2.45, 2.75) is 13.3 Å². The van der Waals surface area contributed by atoms with Crippen LogP contribution < -0.4 is 5.32 Å². The number of halogens is 2. The first kappa shape index (κ1) is 16.6. The molecule has 0 atom stereocenters. The monoisotopic (exact) mass is 338 g/mol. The van der Waals surface area contributed by atoms with Gasteiger partial charge in [-0.3, -0.25) is 9.59 Å². The minimum atomic E-state index is -0.139. The second-order valence-corrected chi connectivity index (χ2v) is 5.67. The lowest BCUT2D eigenvalue weighted by atomic mass is 10.1. The summed E-state index contributed by atoms with van der Waals surface area (Å²) in [5, 5.41) is 3.56. The molecule has 0 saturated carbocycles. The van der Waals surface area contributed by atoms with Crippen LogP contribution in [-0.2, 0) is 4.79 Å². The van der Waals surface area contributed by atoms with Gasteiger partial charge in [0.25, 0.3) is 0 Å². The highest BCUT2D eigenvalue weighted by molar-refractivity contribution is 6.36. The van der Waals surface area contributed by atoms with E-state index in [-0.39, 0.29) is 18.2 Å². The summed E-state index contributed by atoms with van der Waals surface area (Å²) in [6.45, 7) is 2.54. The number of hydrogen-bond donors (Lipinski definition) is 1. The van der Waals surface area contributed by atoms with Crippen molar-refractivity contribution in [1.29, 1.82) is 0 Å². The first-order valence-corrected chi connectivity index (χ1v) is 7.66. The molecule has 0 spiro atoms. The largest absolute Gasteiger partial charge is 0.353 e. The summed E-state index contributed by atoms with van der Waals surface area (Å²) in [4.78, 5) is 25.8. The molecule has 0 bridgehead atoms. The Morgan fingerprint density at radius 3 is 2.77 bits per heavy atom. The highest BCUT2D eigenvalue weighted by Crippen LogP contribution is 2.22. The van der Waals surface area contributed by atoms with Gasteiger partial charge >= 0.3 is 0 Å². The van der Waals surface area contributed by atoms with Gasteiger partial charge in [0.1, 0.15) is 0 Å². The number of nitrogens with one attached hydrogen (secondary N) is 1. The smallest absolute Gasteiger partial charge is 0.248 e. The molecule has 1 aliphatic heterocycles. The van der Waals surface area contributed by atoms with Crippen molar-refractivity contribution >= 4 is 34.9 Å². The fourth-order valence-electron chi connectivity index (χ4n) is 2.10. The van der Waals surface area contributed by atoms with Gasteiger partial charge in [0.15, 0.2) is 5.78 Å². The fraction of sp³-hybridized carbons (Fsp3) is 0.250. The van der Waals surface area contributed by atoms with E-state index in [0.717, 1.165) is 0 Å². The molecule has 0 unspecified atom stereocenters. The van der Waals surface area contributed by atoms with Crippen LogP contribution in [0.25, 0.3) is 0 Å². The molecule has 116 valence electrons. The van der Waals surface area contributed by atoms with Crippen molar-refractivity contribution in [2.75, 3.05) is 13.1 Å². The average Bonchev–Trinajstić information content (AvgIpc) is 2.47. The van der Waals surface area contributed by atoms with E-state index in [1.807, 2.05) is 13.0 Å². The summed E-state index contributed by atoms with van der Waals surface area (Å²) in [5.74, 6) is -0.256. The molecule has 2 rings (SSSR count). The van der Waals surface area contributed by atoms with Gasteiger partial charge in [-0.1, -0.05) is 29.3 Å². The highest BCUT2D eigenvalue weighted by Gasteiger charge is 2.16. The molecule has 1 aromatic rings. The van der Waals surface area contributed by atoms with E-state index >= 15 is 0 Å². The van der Waals surface area contributed by atoms with Crippen molar-refractivity contribution in [2.24, 2.45) is 0 Å². The lowest BCUT2D eigenvalue weighted by Gasteiger charge is -2.20. The number of amides is 1. The van der Waals surface area contributed by atoms with Crippen molar-refractivity contribution in [3.05, 3.63) is 57.9 Å². The number of Topliss-reactive ketones (excluding diaryl/α,β-unsaturated/α-hetero) is 1. The zero-order chi connectivity index (χ0) is 16.1. The van der Waals surface area contributed by atoms with Gasteiger partial charge in [-0.05, 0) is 31.5 Å². The van der Waals surface area contributed by atoms with E-state index in [0.29, 0.717) is 34.1 Å². The van der Waals surface area contributed by atoms with Gasteiger partial charge in [0.05, 0.1) is 11.6 Å². The Morgan fingerprint density at radius 1 is 1.32 bits per heavy atom. The predicted molar refractivity (Wildman–Crippen MR) is 88.0 cm³/mol. The molecular weight excluding hydrogens is 323 g/mol. The van der Waals surface area contributed by atoms with Crippen LogP contribution in [-0.4, -0.2) is 29.7 Å². The molecule has 0 aromatic heterocycles. The normalized spacial score (nSPS) is 13.8. The number of rotatable bonds is 5. The summed E-state index contributed by atoms with van der Waals surface area (Å²) in [7, 11) is 0. The third-order valence-electron chi connectivity index (χ3n) is 3.14. The van der Waals surface area contributed by atoms with Gasteiger partial charge in [-0.15, -0.1) is 0 Å². The molecule has 0 aliphatic carbocycles. The van der Waals surface area contributed by atoms with Gasteiger partial charge in [-0.2, -0.15) is 0 Å². The zero-order valence-electron chi connectivity index (χ0n) is 12.1. The number of ketones is 1. The maximum absolute atomic E-state index is 12.3. The van der Waals surface area contributed by atoms with Crippen LogP contribution in [0.2, 0.25) is 10.0 Å². The fourth-order valence-corrected chi connectivity index (χ4v) is 2.62. The van der Waals surface area contributed by atoms with Crippen LogP contribution in [0.4, 0.5) is 0 Å². The molecule has 0 saturated heterocycles. The Kier molecular flexibility index (Phi) is 5.63. The molecule has 1 aliphatic rings. The number of hydrogen-bond acceptors (Lipinski definition) is 3. The quantitative estimate of drug-likeness (QED) is 0.837. The third-order valence-corrected chi connectivity index (χ3v) is 3.69. The summed E-state index contributed by atoms with van der Waals surface area (Å²) in [5.41, 5.74) is 1.04. The Balaban J connectivity index is 2.09. The number of carbonyl (C=O) groups excluding carboxylic acids is 2. The average molecular weight is 339 g/mol. The Bertz CT molecular complexity index is 654. The molecule has 1 heterocycles. The van der Waals surface area contributed by atoms with Gasteiger partial charge < -0.3 is 10.2 Å². The highest BCUT2D eigenvalue weighted by atomic mass is 35.5. The summed E-state index contributed by atoms with van der Waals surface area (Å²) in [6.07, 6.45) is 5.87. The summed E-state index contributed by atoms with van der Waals surface area (Å²) < 4.78 is 0. The summed E-state index contributed by atoms with van der Waals surface area (Å²) >= 11 is 11.9. The van der Waals surface area contributed by atoms with E-state index in [2.05, 4.69) is 5.32 Å². The van der Waals surface area contributed by atoms with Crippen LogP contribution in [0, 0.1) is 0 Å². The molecule has 22 heavy (non-hydrogen) atoms. The van der Waals surface area contributed by atoms with Crippen LogP contribution in [0.3, 0.4) is 0 Å². The van der Waals surface area contributed by atoms with Crippen LogP contribution >= 0.6 is 23.2 Å². The number of carbonyl (C=O) groups is 2. The Hall–Kier alpha value is -1.78. The Morgan fingerprint density at radius 2 is 2.09 bits per heavy atom. The molecule has 6 heteroatoms. The maximum Gasteiger partial charge on any atom is 0.248 e. The molecular formula is C16H16Cl2N2O2. The zero-order valence-corrected chi connectivity index (χ0v) is 13.6. The lowest BCUT2D eigenvalue weighted by molar-refractivity contribution is -0.117. The third kappa shape index (κ3) is 4.12. The second kappa shape index (κ2) is 7.47. The van der Waals surface area contributed by atoms with Crippen molar-refractivity contribution < 1.29 is 9.59 Å². The molecule has 0 fully saturated rings. The van der Waals surface area contributed by atoms with Gasteiger partial charge in [-0.25, -0.2) is 0 Å². The molecule has 1 aromatic carbocycles. The van der Waals surface area contributed by atoms with Crippen molar-refractivity contribution in [1.82, 2.24) is 10.2 Å². The van der Waals surface area contributed by atoms with E-state index in [1.54, 1.807) is 35.5 Å². The molecule has 1 N–H and O–H groups in total. The number of nitrogens with zero attached hydrogens (tertiary/aromatic N) is 1. The predicted octanol–water partition coefficient (Wildman–Crippen LogP) is 3.42. The molecule has 4 nitrogen and oxygen atoms in total. The van der Waals surface area contributed by atoms with Crippen LogP contribution in [0.5, 0.6) is 0 Å². The standard InChI is InChI=1S/C16H16Cl2N2O2/c1-2-19-16(22)11-4-3-7-20(9-11)10-15(21)13-6-5-12(17)8-14(13)18/h3,5-9H,2,4,10H2,1H3,(H,19,22). The van der Waals surface area contributed by atoms with Gasteiger partial charge in [0, 0.05) is 35.1 Å². The van der Waals surface area contributed by atoms with Crippen LogP contribution in [0.1, 0.15) is 23.7 Å². The van der Waals surface area contributed by atoms with Crippen molar-refractivity contribution in [3.63, 3.8) is 0 Å². The second-order valence-electron chi connectivity index (χ2n) is 4.82. The minimum absolute atomic E-state index is 0.112. The van der Waals surface area contributed by atoms with Crippen molar-refractivity contribution in [3.8, 4) is 0 Å². The number of allylic oxidation sites excluding steroid dienone is 1. The topological polar surface area (TPSA) is 49.4 Å². The van der Waals surface area contributed by atoms with E-state index in [9.17, 15) is 9.59 Å². The SMILES string of the molecule is CCNC(=O)C1=CN(CC(=O)c2ccc(Cl)cc2Cl)C=CC1. The Labute approximate surface area is 139 Å². The first-order chi connectivity index (χ1) is 10.5. The number of likely N-dealkylation sites (N-methyl/N-ethyl adjacent to an activating group) is 1. The minimum Gasteiger partial charge on any atom is -0.353 e. The molecule has 0 radical (unpaired) electrons. The van der Waals surface area contributed by atoms with E-state index in [4.69, 9.17) is 23.2 Å². The lowest BCUT2D eigenvalue weighted by Crippen LogP contribution is -2.29. The van der Waals surface area contributed by atoms with E-state index in [1.165, 1.54) is 0 Å². The maximum atomic E-state index is 12.3. The summed E-state index contributed by atoms with van der Waals surface area (Å²) in [6, 6.07) is 4.77. The molecule has 1 amide bonds. The van der Waals surface area contributed by atoms with Gasteiger partial charge in [0.2, 0.25) is 5.91 Å². The first-order valence-electron chi connectivity index (χ1n) is 6.90. The van der Waals surface area contributed by atoms with Crippen LogP contribution in [0.15, 0.2) is 42.2 Å². The van der Waals surface area contributed by atoms with E-state index < -0.39 is 0 Å².